The average molecular weight is 249 g/mol. The van der Waals surface area contributed by atoms with Crippen LogP contribution in [0.2, 0.25) is 0 Å². The molecule has 0 aromatic heterocycles. The Labute approximate surface area is 109 Å². The Bertz CT molecular complexity index is 381. The second kappa shape index (κ2) is 5.61. The van der Waals surface area contributed by atoms with Gasteiger partial charge in [0.2, 0.25) is 0 Å². The van der Waals surface area contributed by atoms with E-state index >= 15 is 0 Å². The van der Waals surface area contributed by atoms with Crippen molar-refractivity contribution >= 4 is 0 Å². The number of aromatic hydroxyl groups is 2. The Morgan fingerprint density at radius 3 is 2.39 bits per heavy atom. The maximum absolute atomic E-state index is 9.84. The maximum Gasteiger partial charge on any atom is 0.124 e. The van der Waals surface area contributed by atoms with E-state index in [1.54, 1.807) is 18.2 Å². The molecule has 1 aromatic carbocycles. The number of nitrogens with one attached hydrogen (secondary N) is 1. The van der Waals surface area contributed by atoms with Crippen molar-refractivity contribution in [3.8, 4) is 11.5 Å². The topological polar surface area (TPSA) is 52.5 Å². The Morgan fingerprint density at radius 2 is 1.89 bits per heavy atom. The average Bonchev–Trinajstić information content (AvgIpc) is 3.11. The lowest BCUT2D eigenvalue weighted by molar-refractivity contribution is 0.376. The fourth-order valence-electron chi connectivity index (χ4n) is 2.53. The zero-order valence-electron chi connectivity index (χ0n) is 11.2. The zero-order valence-corrected chi connectivity index (χ0v) is 11.2. The largest absolute Gasteiger partial charge is 0.507 e. The zero-order chi connectivity index (χ0) is 13.1. The summed E-state index contributed by atoms with van der Waals surface area (Å²) in [5, 5.41) is 23.2. The molecule has 2 unspecified atom stereocenters. The Hall–Kier alpha value is -1.22. The summed E-state index contributed by atoms with van der Waals surface area (Å²) < 4.78 is 0. The van der Waals surface area contributed by atoms with Gasteiger partial charge in [0.05, 0.1) is 5.56 Å². The minimum atomic E-state index is -0.0325. The van der Waals surface area contributed by atoms with Gasteiger partial charge < -0.3 is 15.5 Å². The van der Waals surface area contributed by atoms with E-state index in [-0.39, 0.29) is 17.5 Å². The van der Waals surface area contributed by atoms with Crippen LogP contribution in [0.4, 0.5) is 0 Å². The van der Waals surface area contributed by atoms with Crippen LogP contribution < -0.4 is 5.32 Å². The molecular formula is C15H23NO2. The van der Waals surface area contributed by atoms with Crippen LogP contribution in [-0.4, -0.2) is 16.3 Å². The molecule has 0 amide bonds. The Kier molecular flexibility index (Phi) is 4.12. The molecule has 2 rings (SSSR count). The van der Waals surface area contributed by atoms with Gasteiger partial charge in [-0.3, -0.25) is 0 Å². The number of hydrogen-bond donors (Lipinski definition) is 3. The van der Waals surface area contributed by atoms with Crippen LogP contribution in [0.3, 0.4) is 0 Å². The smallest absolute Gasteiger partial charge is 0.124 e. The first kappa shape index (κ1) is 13.2. The highest BCUT2D eigenvalue weighted by Gasteiger charge is 2.26. The summed E-state index contributed by atoms with van der Waals surface area (Å²) in [4.78, 5) is 0. The lowest BCUT2D eigenvalue weighted by Gasteiger charge is -2.23. The van der Waals surface area contributed by atoms with Crippen molar-refractivity contribution in [1.82, 2.24) is 5.32 Å². The van der Waals surface area contributed by atoms with E-state index in [0.29, 0.717) is 11.6 Å². The van der Waals surface area contributed by atoms with Gasteiger partial charge >= 0.3 is 0 Å². The molecule has 3 heteroatoms. The van der Waals surface area contributed by atoms with E-state index in [9.17, 15) is 10.2 Å². The molecule has 18 heavy (non-hydrogen) atoms. The summed E-state index contributed by atoms with van der Waals surface area (Å²) in [5.41, 5.74) is 0.603. The fourth-order valence-corrected chi connectivity index (χ4v) is 2.53. The van der Waals surface area contributed by atoms with Gasteiger partial charge in [-0.25, -0.2) is 0 Å². The molecule has 0 saturated heterocycles. The molecule has 1 aliphatic carbocycles. The standard InChI is InChI=1S/C15H23NO2/c1-3-12(9-11-7-8-11)16-10(2)15-13(17)5-4-6-14(15)18/h4-6,10-12,16-18H,3,7-9H2,1-2H3. The minimum absolute atomic E-state index is 0.0325. The van der Waals surface area contributed by atoms with Crippen molar-refractivity contribution in [2.45, 2.75) is 51.6 Å². The minimum Gasteiger partial charge on any atom is -0.507 e. The molecule has 0 heterocycles. The van der Waals surface area contributed by atoms with Crippen LogP contribution in [0.1, 0.15) is 51.1 Å². The second-order valence-corrected chi connectivity index (χ2v) is 5.38. The van der Waals surface area contributed by atoms with E-state index < -0.39 is 0 Å². The first-order chi connectivity index (χ1) is 8.61. The molecule has 100 valence electrons. The van der Waals surface area contributed by atoms with E-state index in [0.717, 1.165) is 12.3 Å². The first-order valence-corrected chi connectivity index (χ1v) is 6.88. The molecule has 3 nitrogen and oxygen atoms in total. The second-order valence-electron chi connectivity index (χ2n) is 5.38. The van der Waals surface area contributed by atoms with Gasteiger partial charge in [0.1, 0.15) is 11.5 Å². The van der Waals surface area contributed by atoms with E-state index in [4.69, 9.17) is 0 Å². The van der Waals surface area contributed by atoms with Gasteiger partial charge in [-0.05, 0) is 37.8 Å². The first-order valence-electron chi connectivity index (χ1n) is 6.88. The molecule has 1 aliphatic rings. The summed E-state index contributed by atoms with van der Waals surface area (Å²) in [6.07, 6.45) is 4.99. The molecule has 3 N–H and O–H groups in total. The number of hydrogen-bond acceptors (Lipinski definition) is 3. The Morgan fingerprint density at radius 1 is 1.28 bits per heavy atom. The summed E-state index contributed by atoms with van der Waals surface area (Å²) >= 11 is 0. The van der Waals surface area contributed by atoms with Crippen LogP contribution in [0, 0.1) is 5.92 Å². The third-order valence-electron chi connectivity index (χ3n) is 3.79. The van der Waals surface area contributed by atoms with E-state index in [1.807, 2.05) is 6.92 Å². The molecule has 1 saturated carbocycles. The highest BCUT2D eigenvalue weighted by molar-refractivity contribution is 5.44. The van der Waals surface area contributed by atoms with Crippen LogP contribution >= 0.6 is 0 Å². The summed E-state index contributed by atoms with van der Waals surface area (Å²) in [7, 11) is 0. The predicted octanol–water partition coefficient (Wildman–Crippen LogP) is 3.33. The third kappa shape index (κ3) is 3.16. The monoisotopic (exact) mass is 249 g/mol. The van der Waals surface area contributed by atoms with Gasteiger partial charge in [0, 0.05) is 12.1 Å². The molecule has 0 aliphatic heterocycles. The van der Waals surface area contributed by atoms with Crippen LogP contribution in [0.15, 0.2) is 18.2 Å². The molecule has 0 radical (unpaired) electrons. The number of phenolic OH excluding ortho intramolecular Hbond substituents is 2. The van der Waals surface area contributed by atoms with Gasteiger partial charge in [-0.15, -0.1) is 0 Å². The molecule has 0 bridgehead atoms. The normalized spacial score (nSPS) is 18.6. The van der Waals surface area contributed by atoms with Crippen LogP contribution in [0.5, 0.6) is 11.5 Å². The lowest BCUT2D eigenvalue weighted by atomic mass is 10.0. The van der Waals surface area contributed by atoms with Crippen LogP contribution in [0.25, 0.3) is 0 Å². The lowest BCUT2D eigenvalue weighted by Crippen LogP contribution is -2.31. The third-order valence-corrected chi connectivity index (χ3v) is 3.79. The highest BCUT2D eigenvalue weighted by Crippen LogP contribution is 2.36. The van der Waals surface area contributed by atoms with Crippen LogP contribution in [-0.2, 0) is 0 Å². The van der Waals surface area contributed by atoms with Gasteiger partial charge in [-0.2, -0.15) is 0 Å². The highest BCUT2D eigenvalue weighted by atomic mass is 16.3. The van der Waals surface area contributed by atoms with Crippen molar-refractivity contribution in [3.63, 3.8) is 0 Å². The maximum atomic E-state index is 9.84. The molecular weight excluding hydrogens is 226 g/mol. The van der Waals surface area contributed by atoms with Crippen molar-refractivity contribution in [2.75, 3.05) is 0 Å². The van der Waals surface area contributed by atoms with Crippen molar-refractivity contribution in [2.24, 2.45) is 5.92 Å². The van der Waals surface area contributed by atoms with Crippen molar-refractivity contribution in [1.29, 1.82) is 0 Å². The molecule has 0 spiro atoms. The van der Waals surface area contributed by atoms with Gasteiger partial charge in [-0.1, -0.05) is 25.8 Å². The van der Waals surface area contributed by atoms with E-state index in [1.165, 1.54) is 19.3 Å². The van der Waals surface area contributed by atoms with Gasteiger partial charge in [0.25, 0.3) is 0 Å². The SMILES string of the molecule is CCC(CC1CC1)NC(C)c1c(O)cccc1O. The van der Waals surface area contributed by atoms with Crippen molar-refractivity contribution in [3.05, 3.63) is 23.8 Å². The summed E-state index contributed by atoms with van der Waals surface area (Å²) in [6, 6.07) is 5.33. The quantitative estimate of drug-likeness (QED) is 0.725. The number of benzene rings is 1. The number of rotatable bonds is 6. The number of phenols is 2. The molecule has 1 fully saturated rings. The molecule has 2 atom stereocenters. The summed E-state index contributed by atoms with van der Waals surface area (Å²) in [5.74, 6) is 1.21. The van der Waals surface area contributed by atoms with Crippen molar-refractivity contribution < 1.29 is 10.2 Å². The molecule has 1 aromatic rings. The summed E-state index contributed by atoms with van der Waals surface area (Å²) in [6.45, 7) is 4.17. The Balaban J connectivity index is 2.02. The van der Waals surface area contributed by atoms with Gasteiger partial charge in [0.15, 0.2) is 0 Å². The predicted molar refractivity (Wildman–Crippen MR) is 72.7 cm³/mol. The fraction of sp³-hybridized carbons (Fsp3) is 0.600. The van der Waals surface area contributed by atoms with E-state index in [2.05, 4.69) is 12.2 Å².